The molecule has 0 saturated carbocycles. The van der Waals surface area contributed by atoms with Crippen LogP contribution >= 0.6 is 0 Å². The normalized spacial score (nSPS) is 16.6. The molecule has 32 heavy (non-hydrogen) atoms. The summed E-state index contributed by atoms with van der Waals surface area (Å²) in [5.74, 6) is 0.927. The number of anilines is 1. The van der Waals surface area contributed by atoms with Gasteiger partial charge in [-0.3, -0.25) is 14.8 Å². The Balaban J connectivity index is 1.46. The van der Waals surface area contributed by atoms with Crippen LogP contribution in [0.25, 0.3) is 0 Å². The molecular weight excluding hydrogens is 404 g/mol. The average molecular weight is 428 g/mol. The lowest BCUT2D eigenvalue weighted by molar-refractivity contribution is 0.0703. The van der Waals surface area contributed by atoms with E-state index in [4.69, 9.17) is 15.2 Å². The summed E-state index contributed by atoms with van der Waals surface area (Å²) < 4.78 is 11.5. The van der Waals surface area contributed by atoms with Gasteiger partial charge in [-0.1, -0.05) is 12.1 Å². The number of pyridine rings is 1. The summed E-state index contributed by atoms with van der Waals surface area (Å²) in [5, 5.41) is 0. The van der Waals surface area contributed by atoms with E-state index in [1.165, 1.54) is 5.56 Å². The second-order valence-corrected chi connectivity index (χ2v) is 8.09. The minimum absolute atomic E-state index is 0.0826. The first-order chi connectivity index (χ1) is 15.5. The molecule has 2 aliphatic heterocycles. The van der Waals surface area contributed by atoms with Crippen molar-refractivity contribution < 1.29 is 14.3 Å². The third-order valence-corrected chi connectivity index (χ3v) is 5.88. The van der Waals surface area contributed by atoms with Crippen molar-refractivity contribution in [3.8, 4) is 11.5 Å². The number of carbonyl (C=O) groups excluding carboxylic acids is 1. The highest BCUT2D eigenvalue weighted by Crippen LogP contribution is 2.38. The number of fused-ring (bicyclic) bond motifs is 3. The first kappa shape index (κ1) is 20.1. The fraction of sp³-hybridized carbons (Fsp3) is 0.240. The third-order valence-electron chi connectivity index (χ3n) is 5.88. The Morgan fingerprint density at radius 1 is 1.12 bits per heavy atom. The first-order valence-electron chi connectivity index (χ1n) is 10.5. The van der Waals surface area contributed by atoms with Crippen molar-refractivity contribution in [1.82, 2.24) is 9.88 Å². The Bertz CT molecular complexity index is 1240. The van der Waals surface area contributed by atoms with Crippen LogP contribution < -0.4 is 15.2 Å². The van der Waals surface area contributed by atoms with Gasteiger partial charge in [0.05, 0.1) is 30.1 Å². The second kappa shape index (κ2) is 8.00. The van der Waals surface area contributed by atoms with Crippen LogP contribution in [0.3, 0.4) is 0 Å². The number of nitrogen functional groups attached to an aromatic ring is 1. The van der Waals surface area contributed by atoms with Gasteiger partial charge in [-0.05, 0) is 54.8 Å². The number of hydrogen-bond acceptors (Lipinski definition) is 6. The number of benzene rings is 2. The predicted molar refractivity (Wildman–Crippen MR) is 123 cm³/mol. The molecule has 0 fully saturated rings. The molecule has 7 heteroatoms. The molecule has 162 valence electrons. The van der Waals surface area contributed by atoms with Crippen molar-refractivity contribution in [3.05, 3.63) is 76.6 Å². The molecule has 0 bridgehead atoms. The lowest BCUT2D eigenvalue weighted by atomic mass is 9.93. The molecule has 0 saturated heterocycles. The minimum Gasteiger partial charge on any atom is -0.493 e. The summed E-state index contributed by atoms with van der Waals surface area (Å²) >= 11 is 0. The number of methoxy groups -OCH3 is 1. The fourth-order valence-electron chi connectivity index (χ4n) is 4.24. The van der Waals surface area contributed by atoms with Gasteiger partial charge in [0.25, 0.3) is 5.91 Å². The molecule has 3 heterocycles. The van der Waals surface area contributed by atoms with Crippen molar-refractivity contribution in [1.29, 1.82) is 0 Å². The summed E-state index contributed by atoms with van der Waals surface area (Å²) in [6, 6.07) is 15.0. The van der Waals surface area contributed by atoms with Crippen molar-refractivity contribution in [2.24, 2.45) is 4.99 Å². The summed E-state index contributed by atoms with van der Waals surface area (Å²) in [5.41, 5.74) is 11.7. The van der Waals surface area contributed by atoms with Gasteiger partial charge in [0.1, 0.15) is 6.61 Å². The molecule has 0 unspecified atom stereocenters. The Morgan fingerprint density at radius 3 is 2.81 bits per heavy atom. The van der Waals surface area contributed by atoms with E-state index in [9.17, 15) is 4.79 Å². The molecule has 1 atom stereocenters. The maximum atomic E-state index is 13.5. The van der Waals surface area contributed by atoms with Crippen LogP contribution in [0, 0.1) is 6.92 Å². The molecule has 7 nitrogen and oxygen atoms in total. The van der Waals surface area contributed by atoms with Gasteiger partial charge in [-0.15, -0.1) is 0 Å². The van der Waals surface area contributed by atoms with Gasteiger partial charge in [0, 0.05) is 30.2 Å². The Hall–Kier alpha value is -3.87. The zero-order valence-corrected chi connectivity index (χ0v) is 18.0. The summed E-state index contributed by atoms with van der Waals surface area (Å²) in [7, 11) is 1.56. The number of nitrogens with two attached hydrogens (primary N) is 1. The molecule has 3 aromatic rings. The van der Waals surface area contributed by atoms with Crippen LogP contribution in [-0.4, -0.2) is 35.2 Å². The maximum Gasteiger partial charge on any atom is 0.257 e. The quantitative estimate of drug-likeness (QED) is 0.638. The van der Waals surface area contributed by atoms with Crippen molar-refractivity contribution in [2.75, 3.05) is 12.8 Å². The van der Waals surface area contributed by atoms with E-state index in [1.54, 1.807) is 19.2 Å². The molecule has 5 rings (SSSR count). The predicted octanol–water partition coefficient (Wildman–Crippen LogP) is 3.84. The number of rotatable bonds is 4. The van der Waals surface area contributed by atoms with E-state index in [0.717, 1.165) is 17.0 Å². The van der Waals surface area contributed by atoms with Crippen LogP contribution in [0.15, 0.2) is 53.5 Å². The van der Waals surface area contributed by atoms with E-state index >= 15 is 0 Å². The second-order valence-electron chi connectivity index (χ2n) is 8.09. The average Bonchev–Trinajstić information content (AvgIpc) is 2.92. The highest BCUT2D eigenvalue weighted by atomic mass is 16.5. The lowest BCUT2D eigenvalue weighted by Crippen LogP contribution is -2.44. The number of carbonyl (C=O) groups is 1. The molecule has 1 amide bonds. The molecule has 1 aromatic heterocycles. The lowest BCUT2D eigenvalue weighted by Gasteiger charge is -2.34. The largest absolute Gasteiger partial charge is 0.493 e. The smallest absolute Gasteiger partial charge is 0.257 e. The molecule has 0 spiro atoms. The van der Waals surface area contributed by atoms with Crippen LogP contribution in [0.4, 0.5) is 11.4 Å². The Labute approximate surface area is 186 Å². The number of aliphatic imine (C=N–C) groups is 1. The fourth-order valence-corrected chi connectivity index (χ4v) is 4.24. The SMILES string of the molecule is COc1cc2c(cc1OCc1cccc(C)n1)N=C[C@@H]1Cc3ccc(N)cc3CN1C2=O. The van der Waals surface area contributed by atoms with E-state index in [1.807, 2.05) is 54.4 Å². The van der Waals surface area contributed by atoms with Crippen molar-refractivity contribution >= 4 is 23.5 Å². The third kappa shape index (κ3) is 3.66. The molecule has 0 aliphatic carbocycles. The standard InChI is InChI=1S/C25H24N4O3/c1-15-4-3-5-19(28-15)14-32-24-11-22-21(10-23(24)31-2)25(30)29-13-17-8-18(26)7-6-16(17)9-20(29)12-27-22/h3-8,10-12,20H,9,13-14,26H2,1-2H3/t20-/m0/s1. The monoisotopic (exact) mass is 428 g/mol. The van der Waals surface area contributed by atoms with Crippen LogP contribution in [-0.2, 0) is 19.6 Å². The van der Waals surface area contributed by atoms with Crippen LogP contribution in [0.2, 0.25) is 0 Å². The molecular formula is C25H24N4O3. The van der Waals surface area contributed by atoms with Crippen molar-refractivity contribution in [3.63, 3.8) is 0 Å². The maximum absolute atomic E-state index is 13.5. The number of ether oxygens (including phenoxy) is 2. The van der Waals surface area contributed by atoms with Gasteiger partial charge in [-0.2, -0.15) is 0 Å². The van der Waals surface area contributed by atoms with Gasteiger partial charge >= 0.3 is 0 Å². The molecule has 2 aliphatic rings. The van der Waals surface area contributed by atoms with E-state index in [2.05, 4.69) is 9.98 Å². The minimum atomic E-state index is -0.113. The van der Waals surface area contributed by atoms with Gasteiger partial charge in [0.2, 0.25) is 0 Å². The highest BCUT2D eigenvalue weighted by molar-refractivity contribution is 6.03. The number of nitrogens with zero attached hydrogens (tertiary/aromatic N) is 3. The molecule has 2 aromatic carbocycles. The van der Waals surface area contributed by atoms with E-state index in [0.29, 0.717) is 48.0 Å². The van der Waals surface area contributed by atoms with Gasteiger partial charge in [-0.25, -0.2) is 0 Å². The molecule has 2 N–H and O–H groups in total. The summed E-state index contributed by atoms with van der Waals surface area (Å²) in [6.45, 7) is 2.73. The summed E-state index contributed by atoms with van der Waals surface area (Å²) in [6.07, 6.45) is 2.56. The van der Waals surface area contributed by atoms with Crippen molar-refractivity contribution in [2.45, 2.75) is 32.5 Å². The number of amides is 1. The topological polar surface area (TPSA) is 90.0 Å². The number of aromatic nitrogens is 1. The van der Waals surface area contributed by atoms with Gasteiger partial charge < -0.3 is 20.1 Å². The summed E-state index contributed by atoms with van der Waals surface area (Å²) in [4.78, 5) is 24.4. The van der Waals surface area contributed by atoms with E-state index < -0.39 is 0 Å². The Kier molecular flexibility index (Phi) is 5.01. The number of hydrogen-bond donors (Lipinski definition) is 1. The molecule has 0 radical (unpaired) electrons. The first-order valence-corrected chi connectivity index (χ1v) is 10.5. The van der Waals surface area contributed by atoms with Crippen LogP contribution in [0.5, 0.6) is 11.5 Å². The number of aryl methyl sites for hydroxylation is 1. The zero-order chi connectivity index (χ0) is 22.2. The zero-order valence-electron chi connectivity index (χ0n) is 18.0. The van der Waals surface area contributed by atoms with E-state index in [-0.39, 0.29) is 11.9 Å². The Morgan fingerprint density at radius 2 is 2.00 bits per heavy atom. The highest BCUT2D eigenvalue weighted by Gasteiger charge is 2.33. The van der Waals surface area contributed by atoms with Crippen LogP contribution in [0.1, 0.15) is 32.9 Å². The van der Waals surface area contributed by atoms with Gasteiger partial charge in [0.15, 0.2) is 11.5 Å².